The lowest BCUT2D eigenvalue weighted by atomic mass is 10.00. The molecule has 29 heavy (non-hydrogen) atoms. The number of esters is 2. The van der Waals surface area contributed by atoms with Crippen LogP contribution >= 0.6 is 0 Å². The van der Waals surface area contributed by atoms with Crippen molar-refractivity contribution in [3.63, 3.8) is 0 Å². The van der Waals surface area contributed by atoms with E-state index >= 15 is 0 Å². The van der Waals surface area contributed by atoms with Gasteiger partial charge in [-0.15, -0.1) is 0 Å². The van der Waals surface area contributed by atoms with Crippen LogP contribution in [0.25, 0.3) is 5.69 Å². The minimum Gasteiger partial charge on any atom is -0.464 e. The maximum Gasteiger partial charge on any atom is 0.358 e. The summed E-state index contributed by atoms with van der Waals surface area (Å²) in [7, 11) is 1.25. The third-order valence-electron chi connectivity index (χ3n) is 4.36. The van der Waals surface area contributed by atoms with E-state index in [-0.39, 0.29) is 23.9 Å². The SMILES string of the molecule is COC(=O)c1nn(-c2ccc(F)cc2)c(C(=O)OCc2ccccc2)c1C(C)C. The molecule has 0 unspecified atom stereocenters. The summed E-state index contributed by atoms with van der Waals surface area (Å²) in [5.74, 6) is -1.93. The van der Waals surface area contributed by atoms with Crippen LogP contribution in [0.5, 0.6) is 0 Å². The van der Waals surface area contributed by atoms with Crippen molar-refractivity contribution in [1.29, 1.82) is 0 Å². The molecule has 0 spiro atoms. The van der Waals surface area contributed by atoms with Crippen molar-refractivity contribution < 1.29 is 23.5 Å². The second-order valence-corrected chi connectivity index (χ2v) is 6.71. The summed E-state index contributed by atoms with van der Waals surface area (Å²) in [4.78, 5) is 25.3. The Bertz CT molecular complexity index is 1010. The molecular formula is C22H21FN2O4. The van der Waals surface area contributed by atoms with E-state index in [0.717, 1.165) is 5.56 Å². The van der Waals surface area contributed by atoms with E-state index < -0.39 is 17.8 Å². The van der Waals surface area contributed by atoms with Crippen LogP contribution in [0.4, 0.5) is 4.39 Å². The van der Waals surface area contributed by atoms with Gasteiger partial charge in [0.05, 0.1) is 12.8 Å². The Labute approximate surface area is 167 Å². The van der Waals surface area contributed by atoms with Crippen molar-refractivity contribution in [2.75, 3.05) is 7.11 Å². The van der Waals surface area contributed by atoms with Crippen LogP contribution in [-0.4, -0.2) is 28.8 Å². The molecule has 2 aromatic carbocycles. The van der Waals surface area contributed by atoms with Crippen LogP contribution in [-0.2, 0) is 16.1 Å². The summed E-state index contributed by atoms with van der Waals surface area (Å²) in [5, 5.41) is 4.30. The number of rotatable bonds is 6. The van der Waals surface area contributed by atoms with Gasteiger partial charge in [0.2, 0.25) is 0 Å². The average Bonchev–Trinajstić information content (AvgIpc) is 3.14. The number of benzene rings is 2. The second-order valence-electron chi connectivity index (χ2n) is 6.71. The lowest BCUT2D eigenvalue weighted by molar-refractivity contribution is 0.0460. The van der Waals surface area contributed by atoms with E-state index in [2.05, 4.69) is 5.10 Å². The minimum absolute atomic E-state index is 0.0264. The summed E-state index contributed by atoms with van der Waals surface area (Å²) >= 11 is 0. The molecule has 3 rings (SSSR count). The van der Waals surface area contributed by atoms with Crippen LogP contribution in [0.1, 0.15) is 51.9 Å². The Morgan fingerprint density at radius 3 is 2.28 bits per heavy atom. The van der Waals surface area contributed by atoms with Gasteiger partial charge < -0.3 is 9.47 Å². The molecule has 0 amide bonds. The van der Waals surface area contributed by atoms with Gasteiger partial charge in [0, 0.05) is 5.56 Å². The third kappa shape index (κ3) is 4.34. The first-order valence-electron chi connectivity index (χ1n) is 9.10. The molecule has 0 saturated carbocycles. The van der Waals surface area contributed by atoms with Gasteiger partial charge in [-0.1, -0.05) is 44.2 Å². The quantitative estimate of drug-likeness (QED) is 0.582. The van der Waals surface area contributed by atoms with Gasteiger partial charge in [-0.25, -0.2) is 18.7 Å². The van der Waals surface area contributed by atoms with Crippen LogP contribution in [0.3, 0.4) is 0 Å². The average molecular weight is 396 g/mol. The number of hydrogen-bond acceptors (Lipinski definition) is 5. The molecule has 0 bridgehead atoms. The first-order chi connectivity index (χ1) is 13.9. The number of aromatic nitrogens is 2. The molecule has 0 N–H and O–H groups in total. The number of nitrogens with zero attached hydrogens (tertiary/aromatic N) is 2. The lowest BCUT2D eigenvalue weighted by Crippen LogP contribution is -2.15. The summed E-state index contributed by atoms with van der Waals surface area (Å²) < 4.78 is 25.0. The van der Waals surface area contributed by atoms with Gasteiger partial charge >= 0.3 is 11.9 Å². The number of ether oxygens (including phenoxy) is 2. The van der Waals surface area contributed by atoms with E-state index in [9.17, 15) is 14.0 Å². The highest BCUT2D eigenvalue weighted by molar-refractivity contribution is 5.97. The Kier molecular flexibility index (Phi) is 6.07. The maximum absolute atomic E-state index is 13.4. The molecule has 7 heteroatoms. The fourth-order valence-corrected chi connectivity index (χ4v) is 2.98. The summed E-state index contributed by atoms with van der Waals surface area (Å²) in [5.41, 5.74) is 1.81. The van der Waals surface area contributed by atoms with Gasteiger partial charge in [0.25, 0.3) is 0 Å². The Hall–Kier alpha value is -3.48. The van der Waals surface area contributed by atoms with Gasteiger partial charge in [-0.3, -0.25) is 0 Å². The van der Waals surface area contributed by atoms with Crippen molar-refractivity contribution in [3.8, 4) is 5.69 Å². The van der Waals surface area contributed by atoms with Crippen LogP contribution in [0.15, 0.2) is 54.6 Å². The Morgan fingerprint density at radius 1 is 1.03 bits per heavy atom. The Balaban J connectivity index is 2.08. The standard InChI is InChI=1S/C22H21FN2O4/c1-14(2)18-19(21(26)28-3)24-25(17-11-9-16(23)10-12-17)20(18)22(27)29-13-15-7-5-4-6-8-15/h4-12,14H,13H2,1-3H3. The Morgan fingerprint density at radius 2 is 1.69 bits per heavy atom. The first-order valence-corrected chi connectivity index (χ1v) is 9.10. The molecule has 3 aromatic rings. The fraction of sp³-hybridized carbons (Fsp3) is 0.227. The number of methoxy groups -OCH3 is 1. The second kappa shape index (κ2) is 8.68. The zero-order valence-electron chi connectivity index (χ0n) is 16.4. The highest BCUT2D eigenvalue weighted by Gasteiger charge is 2.31. The predicted octanol–water partition coefficient (Wildman–Crippen LogP) is 4.28. The molecule has 150 valence electrons. The number of hydrogen-bond donors (Lipinski definition) is 0. The van der Waals surface area contributed by atoms with Gasteiger partial charge in [0.1, 0.15) is 12.4 Å². The predicted molar refractivity (Wildman–Crippen MR) is 105 cm³/mol. The molecule has 0 radical (unpaired) electrons. The number of carbonyl (C=O) groups is 2. The van der Waals surface area contributed by atoms with E-state index in [1.165, 1.54) is 36.1 Å². The zero-order valence-corrected chi connectivity index (χ0v) is 16.4. The maximum atomic E-state index is 13.4. The van der Waals surface area contributed by atoms with Crippen molar-refractivity contribution >= 4 is 11.9 Å². The molecule has 0 atom stereocenters. The molecule has 0 fully saturated rings. The zero-order chi connectivity index (χ0) is 21.0. The van der Waals surface area contributed by atoms with E-state index in [1.807, 2.05) is 44.2 Å². The molecule has 0 aliphatic rings. The molecular weight excluding hydrogens is 375 g/mol. The molecule has 1 heterocycles. The lowest BCUT2D eigenvalue weighted by Gasteiger charge is -2.12. The van der Waals surface area contributed by atoms with Crippen molar-refractivity contribution in [1.82, 2.24) is 9.78 Å². The largest absolute Gasteiger partial charge is 0.464 e. The first kappa shape index (κ1) is 20.3. The molecule has 0 aliphatic carbocycles. The van der Waals surface area contributed by atoms with E-state index in [0.29, 0.717) is 11.3 Å². The van der Waals surface area contributed by atoms with Crippen molar-refractivity contribution in [2.24, 2.45) is 0 Å². The molecule has 0 aliphatic heterocycles. The van der Waals surface area contributed by atoms with Gasteiger partial charge in [0.15, 0.2) is 11.4 Å². The monoisotopic (exact) mass is 396 g/mol. The fourth-order valence-electron chi connectivity index (χ4n) is 2.98. The van der Waals surface area contributed by atoms with Crippen molar-refractivity contribution in [2.45, 2.75) is 26.4 Å². The summed E-state index contributed by atoms with van der Waals surface area (Å²) in [6.07, 6.45) is 0. The highest BCUT2D eigenvalue weighted by Crippen LogP contribution is 2.28. The smallest absolute Gasteiger partial charge is 0.358 e. The van der Waals surface area contributed by atoms with E-state index in [1.54, 1.807) is 0 Å². The van der Waals surface area contributed by atoms with Crippen LogP contribution in [0.2, 0.25) is 0 Å². The summed E-state index contributed by atoms with van der Waals surface area (Å²) in [6.45, 7) is 3.75. The number of carbonyl (C=O) groups excluding carboxylic acids is 2. The van der Waals surface area contributed by atoms with Gasteiger partial charge in [-0.05, 0) is 35.7 Å². The topological polar surface area (TPSA) is 70.4 Å². The molecule has 0 saturated heterocycles. The molecule has 1 aromatic heterocycles. The third-order valence-corrected chi connectivity index (χ3v) is 4.36. The normalized spacial score (nSPS) is 10.8. The number of halogens is 1. The van der Waals surface area contributed by atoms with Crippen LogP contribution in [0, 0.1) is 5.82 Å². The van der Waals surface area contributed by atoms with Gasteiger partial charge in [-0.2, -0.15) is 5.10 Å². The van der Waals surface area contributed by atoms with Crippen molar-refractivity contribution in [3.05, 3.63) is 82.9 Å². The van der Waals surface area contributed by atoms with Crippen LogP contribution < -0.4 is 0 Å². The molecule has 6 nitrogen and oxygen atoms in total. The highest BCUT2D eigenvalue weighted by atomic mass is 19.1. The summed E-state index contributed by atoms with van der Waals surface area (Å²) in [6, 6.07) is 14.7. The van der Waals surface area contributed by atoms with E-state index in [4.69, 9.17) is 9.47 Å². The minimum atomic E-state index is -0.660.